The summed E-state index contributed by atoms with van der Waals surface area (Å²) in [6.45, 7) is 8.75. The van der Waals surface area contributed by atoms with Crippen molar-refractivity contribution in [3.8, 4) is 0 Å². The molecule has 0 unspecified atom stereocenters. The van der Waals surface area contributed by atoms with Crippen molar-refractivity contribution in [1.29, 1.82) is 0 Å². The van der Waals surface area contributed by atoms with Crippen LogP contribution >= 0.6 is 0 Å². The summed E-state index contributed by atoms with van der Waals surface area (Å²) in [5.74, 6) is 1.88. The van der Waals surface area contributed by atoms with Crippen molar-refractivity contribution in [2.75, 3.05) is 0 Å². The molecule has 0 fully saturated rings. The molecule has 0 aliphatic rings. The first kappa shape index (κ1) is 9.37. The lowest BCUT2D eigenvalue weighted by molar-refractivity contribution is 0.505. The van der Waals surface area contributed by atoms with Gasteiger partial charge in [-0.3, -0.25) is 0 Å². The molecule has 68 valence electrons. The molecule has 1 heteroatoms. The molecule has 1 aromatic rings. The van der Waals surface area contributed by atoms with Gasteiger partial charge in [-0.25, -0.2) is 0 Å². The van der Waals surface area contributed by atoms with Crippen molar-refractivity contribution in [3.63, 3.8) is 0 Å². The first-order valence-electron chi connectivity index (χ1n) is 4.71. The average molecular weight is 166 g/mol. The van der Waals surface area contributed by atoms with Gasteiger partial charge in [-0.05, 0) is 30.4 Å². The largest absolute Gasteiger partial charge is 0.469 e. The zero-order chi connectivity index (χ0) is 9.14. The second-order valence-corrected chi connectivity index (χ2v) is 3.77. The maximum Gasteiger partial charge on any atom is 0.106 e. The zero-order valence-electron chi connectivity index (χ0n) is 8.48. The van der Waals surface area contributed by atoms with Crippen LogP contribution in [-0.2, 0) is 12.8 Å². The Morgan fingerprint density at radius 3 is 2.58 bits per heavy atom. The Hall–Kier alpha value is -0.720. The molecule has 0 amide bonds. The third kappa shape index (κ3) is 1.90. The number of rotatable bonds is 3. The molecule has 1 rings (SSSR count). The molecule has 12 heavy (non-hydrogen) atoms. The average Bonchev–Trinajstić information content (AvgIpc) is 2.32. The minimum Gasteiger partial charge on any atom is -0.469 e. The van der Waals surface area contributed by atoms with E-state index in [1.165, 1.54) is 16.9 Å². The topological polar surface area (TPSA) is 13.1 Å². The van der Waals surface area contributed by atoms with Gasteiger partial charge in [0.1, 0.15) is 5.76 Å². The molecule has 0 radical (unpaired) electrons. The molecule has 0 aliphatic heterocycles. The first-order chi connectivity index (χ1) is 5.65. The second kappa shape index (κ2) is 3.79. The summed E-state index contributed by atoms with van der Waals surface area (Å²) in [5.41, 5.74) is 2.73. The van der Waals surface area contributed by atoms with E-state index in [9.17, 15) is 0 Å². The van der Waals surface area contributed by atoms with Crippen LogP contribution in [0.3, 0.4) is 0 Å². The van der Waals surface area contributed by atoms with Gasteiger partial charge in [0.05, 0.1) is 6.26 Å². The maximum absolute atomic E-state index is 5.45. The van der Waals surface area contributed by atoms with Crippen molar-refractivity contribution in [2.45, 2.75) is 40.5 Å². The molecule has 1 heterocycles. The Labute approximate surface area is 74.8 Å². The van der Waals surface area contributed by atoms with Crippen molar-refractivity contribution < 1.29 is 4.42 Å². The Morgan fingerprint density at radius 2 is 2.08 bits per heavy atom. The lowest BCUT2D eigenvalue weighted by atomic mass is 9.99. The summed E-state index contributed by atoms with van der Waals surface area (Å²) in [5, 5.41) is 0. The van der Waals surface area contributed by atoms with Crippen LogP contribution in [0.1, 0.15) is 37.7 Å². The molecule has 0 aromatic carbocycles. The second-order valence-electron chi connectivity index (χ2n) is 3.77. The van der Waals surface area contributed by atoms with Crippen LogP contribution in [-0.4, -0.2) is 0 Å². The lowest BCUT2D eigenvalue weighted by Crippen LogP contribution is -1.97. The van der Waals surface area contributed by atoms with Gasteiger partial charge in [0, 0.05) is 6.42 Å². The van der Waals surface area contributed by atoms with Crippen LogP contribution in [0.25, 0.3) is 0 Å². The van der Waals surface area contributed by atoms with Gasteiger partial charge in [-0.2, -0.15) is 0 Å². The molecule has 0 atom stereocenters. The predicted molar refractivity (Wildman–Crippen MR) is 51.4 cm³/mol. The van der Waals surface area contributed by atoms with E-state index in [0.29, 0.717) is 5.92 Å². The Kier molecular flexibility index (Phi) is 2.96. The molecule has 0 aliphatic carbocycles. The highest BCUT2D eigenvalue weighted by Crippen LogP contribution is 2.20. The van der Waals surface area contributed by atoms with Crippen molar-refractivity contribution in [3.05, 3.63) is 23.2 Å². The van der Waals surface area contributed by atoms with Crippen molar-refractivity contribution in [1.82, 2.24) is 0 Å². The van der Waals surface area contributed by atoms with Crippen molar-refractivity contribution >= 4 is 0 Å². The highest BCUT2D eigenvalue weighted by Gasteiger charge is 2.09. The predicted octanol–water partition coefficient (Wildman–Crippen LogP) is 3.35. The minimum atomic E-state index is 0.714. The SMILES string of the molecule is CCc1occ(C)c1CC(C)C. The van der Waals surface area contributed by atoms with E-state index in [2.05, 4.69) is 27.7 Å². The third-order valence-electron chi connectivity index (χ3n) is 2.12. The Bertz CT molecular complexity index is 246. The molecule has 0 bridgehead atoms. The van der Waals surface area contributed by atoms with Crippen LogP contribution in [0.4, 0.5) is 0 Å². The van der Waals surface area contributed by atoms with Crippen LogP contribution in [0.5, 0.6) is 0 Å². The normalized spacial score (nSPS) is 11.1. The maximum atomic E-state index is 5.45. The van der Waals surface area contributed by atoms with E-state index < -0.39 is 0 Å². The fraction of sp³-hybridized carbons (Fsp3) is 0.636. The summed E-state index contributed by atoms with van der Waals surface area (Å²) in [7, 11) is 0. The number of hydrogen-bond donors (Lipinski definition) is 0. The molecular formula is C11H18O. The van der Waals surface area contributed by atoms with E-state index in [4.69, 9.17) is 4.42 Å². The standard InChI is InChI=1S/C11H18O/c1-5-11-10(6-8(2)3)9(4)7-12-11/h7-8H,5-6H2,1-4H3. The first-order valence-corrected chi connectivity index (χ1v) is 4.71. The van der Waals surface area contributed by atoms with Gasteiger partial charge in [0.25, 0.3) is 0 Å². The van der Waals surface area contributed by atoms with Gasteiger partial charge in [-0.1, -0.05) is 20.8 Å². The summed E-state index contributed by atoms with van der Waals surface area (Å²) >= 11 is 0. The Morgan fingerprint density at radius 1 is 1.42 bits per heavy atom. The lowest BCUT2D eigenvalue weighted by Gasteiger charge is -2.04. The number of aryl methyl sites for hydroxylation is 2. The molecule has 1 aromatic heterocycles. The van der Waals surface area contributed by atoms with Gasteiger partial charge in [0.2, 0.25) is 0 Å². The summed E-state index contributed by atoms with van der Waals surface area (Å²) in [6, 6.07) is 0. The fourth-order valence-electron chi connectivity index (χ4n) is 1.50. The number of furan rings is 1. The summed E-state index contributed by atoms with van der Waals surface area (Å²) in [4.78, 5) is 0. The van der Waals surface area contributed by atoms with Gasteiger partial charge in [-0.15, -0.1) is 0 Å². The van der Waals surface area contributed by atoms with Gasteiger partial charge >= 0.3 is 0 Å². The van der Waals surface area contributed by atoms with Gasteiger partial charge in [0.15, 0.2) is 0 Å². The van der Waals surface area contributed by atoms with E-state index in [0.717, 1.165) is 12.8 Å². The third-order valence-corrected chi connectivity index (χ3v) is 2.12. The van der Waals surface area contributed by atoms with E-state index in [1.807, 2.05) is 6.26 Å². The fourth-order valence-corrected chi connectivity index (χ4v) is 1.50. The Balaban J connectivity index is 2.86. The molecule has 0 N–H and O–H groups in total. The van der Waals surface area contributed by atoms with Crippen LogP contribution in [0.15, 0.2) is 10.7 Å². The molecular weight excluding hydrogens is 148 g/mol. The quantitative estimate of drug-likeness (QED) is 0.671. The molecule has 1 nitrogen and oxygen atoms in total. The highest BCUT2D eigenvalue weighted by atomic mass is 16.3. The van der Waals surface area contributed by atoms with Crippen LogP contribution < -0.4 is 0 Å². The summed E-state index contributed by atoms with van der Waals surface area (Å²) in [6.07, 6.45) is 4.03. The number of hydrogen-bond acceptors (Lipinski definition) is 1. The monoisotopic (exact) mass is 166 g/mol. The van der Waals surface area contributed by atoms with Gasteiger partial charge < -0.3 is 4.42 Å². The van der Waals surface area contributed by atoms with E-state index >= 15 is 0 Å². The van der Waals surface area contributed by atoms with E-state index in [1.54, 1.807) is 0 Å². The zero-order valence-corrected chi connectivity index (χ0v) is 8.48. The summed E-state index contributed by atoms with van der Waals surface area (Å²) < 4.78 is 5.45. The molecule has 0 saturated carbocycles. The molecule has 0 spiro atoms. The van der Waals surface area contributed by atoms with Crippen LogP contribution in [0.2, 0.25) is 0 Å². The minimum absolute atomic E-state index is 0.714. The molecule has 0 saturated heterocycles. The smallest absolute Gasteiger partial charge is 0.106 e. The van der Waals surface area contributed by atoms with Crippen molar-refractivity contribution in [2.24, 2.45) is 5.92 Å². The highest BCUT2D eigenvalue weighted by molar-refractivity contribution is 5.27. The van der Waals surface area contributed by atoms with Crippen LogP contribution in [0, 0.1) is 12.8 Å². The van der Waals surface area contributed by atoms with E-state index in [-0.39, 0.29) is 0 Å².